The summed E-state index contributed by atoms with van der Waals surface area (Å²) in [6, 6.07) is 0. The zero-order valence-electron chi connectivity index (χ0n) is 21.8. The third-order valence-corrected chi connectivity index (χ3v) is 13.5. The molecule has 5 aliphatic carbocycles. The average molecular weight is 443 g/mol. The van der Waals surface area contributed by atoms with Gasteiger partial charge in [-0.15, -0.1) is 0 Å². The number of aliphatic hydroxyl groups excluding tert-OH is 2. The molecule has 0 radical (unpaired) electrons. The van der Waals surface area contributed by atoms with Crippen molar-refractivity contribution in [1.29, 1.82) is 0 Å². The van der Waals surface area contributed by atoms with E-state index in [1.54, 1.807) is 0 Å². The molecule has 10 atom stereocenters. The molecule has 0 spiro atoms. The fourth-order valence-corrected chi connectivity index (χ4v) is 11.5. The van der Waals surface area contributed by atoms with Crippen LogP contribution in [-0.4, -0.2) is 22.9 Å². The molecule has 2 nitrogen and oxygen atoms in total. The van der Waals surface area contributed by atoms with Gasteiger partial charge in [0.1, 0.15) is 0 Å². The molecule has 0 saturated heterocycles. The van der Waals surface area contributed by atoms with E-state index >= 15 is 0 Å². The molecule has 5 aliphatic rings. The number of allylic oxidation sites excluding steroid dienone is 1. The number of aliphatic hydroxyl groups is 2. The first-order chi connectivity index (χ1) is 14.9. The number of fused-ring (bicyclic) bond motifs is 7. The second kappa shape index (κ2) is 7.09. The molecule has 5 rings (SSSR count). The van der Waals surface area contributed by atoms with Crippen LogP contribution in [0.25, 0.3) is 0 Å². The summed E-state index contributed by atoms with van der Waals surface area (Å²) in [6.45, 7) is 19.7. The van der Waals surface area contributed by atoms with Crippen molar-refractivity contribution in [1.82, 2.24) is 0 Å². The van der Waals surface area contributed by atoms with E-state index in [4.69, 9.17) is 0 Å². The molecular formula is C30H50O2. The van der Waals surface area contributed by atoms with Crippen molar-refractivity contribution in [2.24, 2.45) is 56.7 Å². The molecule has 0 bridgehead atoms. The largest absolute Gasteiger partial charge is 0.396 e. The fourth-order valence-electron chi connectivity index (χ4n) is 11.5. The van der Waals surface area contributed by atoms with Gasteiger partial charge in [-0.2, -0.15) is 0 Å². The molecule has 0 amide bonds. The lowest BCUT2D eigenvalue weighted by Gasteiger charge is -2.73. The van der Waals surface area contributed by atoms with E-state index in [-0.39, 0.29) is 16.9 Å². The van der Waals surface area contributed by atoms with Gasteiger partial charge in [-0.25, -0.2) is 0 Å². The highest BCUT2D eigenvalue weighted by molar-refractivity contribution is 5.21. The van der Waals surface area contributed by atoms with Gasteiger partial charge in [0.15, 0.2) is 0 Å². The van der Waals surface area contributed by atoms with Gasteiger partial charge in [-0.3, -0.25) is 0 Å². The van der Waals surface area contributed by atoms with Gasteiger partial charge >= 0.3 is 0 Å². The maximum Gasteiger partial charge on any atom is 0.0594 e. The summed E-state index contributed by atoms with van der Waals surface area (Å²) in [5, 5.41) is 21.5. The van der Waals surface area contributed by atoms with Gasteiger partial charge in [0.05, 0.1) is 6.10 Å². The summed E-state index contributed by atoms with van der Waals surface area (Å²) in [4.78, 5) is 0. The maximum absolute atomic E-state index is 10.9. The summed E-state index contributed by atoms with van der Waals surface area (Å²) in [5.74, 6) is 3.33. The van der Waals surface area contributed by atoms with Crippen LogP contribution in [0, 0.1) is 56.7 Å². The highest BCUT2D eigenvalue weighted by Crippen LogP contribution is 2.77. The Kier molecular flexibility index (Phi) is 5.19. The lowest BCUT2D eigenvalue weighted by molar-refractivity contribution is -0.249. The molecule has 0 aromatic carbocycles. The van der Waals surface area contributed by atoms with E-state index in [1.807, 2.05) is 0 Å². The van der Waals surface area contributed by atoms with Crippen LogP contribution in [0.4, 0.5) is 0 Å². The molecule has 182 valence electrons. The van der Waals surface area contributed by atoms with Crippen LogP contribution in [-0.2, 0) is 0 Å². The van der Waals surface area contributed by atoms with Crippen LogP contribution in [0.1, 0.15) is 106 Å². The van der Waals surface area contributed by atoms with E-state index in [0.29, 0.717) is 40.6 Å². The van der Waals surface area contributed by atoms with Crippen molar-refractivity contribution >= 4 is 0 Å². The molecule has 2 N–H and O–H groups in total. The second-order valence-electron chi connectivity index (χ2n) is 14.6. The van der Waals surface area contributed by atoms with E-state index in [2.05, 4.69) is 48.1 Å². The molecule has 2 heteroatoms. The Bertz CT molecular complexity index is 786. The third kappa shape index (κ3) is 2.66. The molecule has 0 aromatic rings. The standard InChI is InChI=1S/C30H50O2/c1-19(2)20-10-15-30(18-31)17-16-28(6)21(25(20)30)8-9-23-27(5)13-12-24(32)26(3,4)22(27)11-14-29(23,28)7/h20-25,31-32H,1,8-18H2,2-7H3/t20?,21?,22?,23?,24-,25?,27-,28?,29+,30+/m0/s1. The van der Waals surface area contributed by atoms with Crippen LogP contribution in [0.3, 0.4) is 0 Å². The summed E-state index contributed by atoms with van der Waals surface area (Å²) in [7, 11) is 0. The molecular weight excluding hydrogens is 392 g/mol. The normalized spacial score (nSPS) is 56.5. The summed E-state index contributed by atoms with van der Waals surface area (Å²) >= 11 is 0. The van der Waals surface area contributed by atoms with Crippen molar-refractivity contribution < 1.29 is 10.2 Å². The molecule has 0 aliphatic heterocycles. The van der Waals surface area contributed by atoms with E-state index in [9.17, 15) is 10.2 Å². The first kappa shape index (κ1) is 23.4. The Hall–Kier alpha value is -0.340. The Morgan fingerprint density at radius 2 is 1.53 bits per heavy atom. The van der Waals surface area contributed by atoms with Crippen LogP contribution in [0.15, 0.2) is 12.2 Å². The predicted octanol–water partition coefficient (Wildman–Crippen LogP) is 7.00. The monoisotopic (exact) mass is 442 g/mol. The average Bonchev–Trinajstić information content (AvgIpc) is 3.12. The van der Waals surface area contributed by atoms with Crippen LogP contribution in [0.5, 0.6) is 0 Å². The number of rotatable bonds is 2. The summed E-state index contributed by atoms with van der Waals surface area (Å²) < 4.78 is 0. The van der Waals surface area contributed by atoms with Crippen molar-refractivity contribution in [3.8, 4) is 0 Å². The minimum Gasteiger partial charge on any atom is -0.396 e. The minimum atomic E-state index is -0.147. The molecule has 0 aromatic heterocycles. The predicted molar refractivity (Wildman–Crippen MR) is 132 cm³/mol. The highest BCUT2D eigenvalue weighted by atomic mass is 16.3. The highest BCUT2D eigenvalue weighted by Gasteiger charge is 2.70. The fraction of sp³-hybridized carbons (Fsp3) is 0.933. The van der Waals surface area contributed by atoms with Crippen molar-refractivity contribution in [2.45, 2.75) is 112 Å². The Labute approximate surface area is 197 Å². The quantitative estimate of drug-likeness (QED) is 0.452. The maximum atomic E-state index is 10.9. The molecule has 5 saturated carbocycles. The van der Waals surface area contributed by atoms with Gasteiger partial charge in [0.25, 0.3) is 0 Å². The Balaban J connectivity index is 1.55. The first-order valence-corrected chi connectivity index (χ1v) is 13.8. The number of hydrogen-bond acceptors (Lipinski definition) is 2. The molecule has 6 unspecified atom stereocenters. The van der Waals surface area contributed by atoms with Gasteiger partial charge in [-0.1, -0.05) is 46.8 Å². The minimum absolute atomic E-state index is 0.0290. The first-order valence-electron chi connectivity index (χ1n) is 13.8. The summed E-state index contributed by atoms with van der Waals surface area (Å²) in [6.07, 6.45) is 12.2. The van der Waals surface area contributed by atoms with Crippen LogP contribution < -0.4 is 0 Å². The SMILES string of the molecule is C=C(C)C1CC[C@]2(CO)CCC3(C)C(CCC4[C@@]5(C)CC[C@H](O)C(C)(C)C5CC[C@]43C)C12. The Morgan fingerprint density at radius 3 is 2.19 bits per heavy atom. The number of hydrogen-bond donors (Lipinski definition) is 2. The van der Waals surface area contributed by atoms with Gasteiger partial charge in [-0.05, 0) is 128 Å². The lowest BCUT2D eigenvalue weighted by atomic mass is 9.32. The third-order valence-electron chi connectivity index (χ3n) is 13.5. The van der Waals surface area contributed by atoms with E-state index in [0.717, 1.165) is 18.3 Å². The van der Waals surface area contributed by atoms with Gasteiger partial charge in [0, 0.05) is 6.61 Å². The van der Waals surface area contributed by atoms with Crippen molar-refractivity contribution in [3.05, 3.63) is 12.2 Å². The van der Waals surface area contributed by atoms with E-state index in [1.165, 1.54) is 63.4 Å². The molecule has 0 heterocycles. The zero-order chi connectivity index (χ0) is 23.3. The van der Waals surface area contributed by atoms with Gasteiger partial charge in [0.2, 0.25) is 0 Å². The summed E-state index contributed by atoms with van der Waals surface area (Å²) in [5.41, 5.74) is 2.60. The molecule has 5 fully saturated rings. The zero-order valence-corrected chi connectivity index (χ0v) is 21.8. The van der Waals surface area contributed by atoms with Crippen molar-refractivity contribution in [2.75, 3.05) is 6.61 Å². The lowest BCUT2D eigenvalue weighted by Crippen LogP contribution is -2.66. The smallest absolute Gasteiger partial charge is 0.0594 e. The van der Waals surface area contributed by atoms with E-state index < -0.39 is 0 Å². The van der Waals surface area contributed by atoms with Crippen LogP contribution in [0.2, 0.25) is 0 Å². The second-order valence-corrected chi connectivity index (χ2v) is 14.6. The molecule has 32 heavy (non-hydrogen) atoms. The van der Waals surface area contributed by atoms with Crippen molar-refractivity contribution in [3.63, 3.8) is 0 Å². The topological polar surface area (TPSA) is 40.5 Å². The van der Waals surface area contributed by atoms with Gasteiger partial charge < -0.3 is 10.2 Å². The van der Waals surface area contributed by atoms with Crippen LogP contribution >= 0.6 is 0 Å². The Morgan fingerprint density at radius 1 is 0.812 bits per heavy atom.